The summed E-state index contributed by atoms with van der Waals surface area (Å²) in [6.07, 6.45) is 0.983. The van der Waals surface area contributed by atoms with Gasteiger partial charge in [-0.3, -0.25) is 4.79 Å². The second-order valence-corrected chi connectivity index (χ2v) is 5.89. The van der Waals surface area contributed by atoms with Crippen LogP contribution in [0.4, 0.5) is 4.79 Å². The number of aliphatic carboxylic acids is 1. The molecule has 3 N–H and O–H groups in total. The zero-order valence-electron chi connectivity index (χ0n) is 11.2. The zero-order valence-corrected chi connectivity index (χ0v) is 12.0. The molecular weight excluding hydrogens is 280 g/mol. The Morgan fingerprint density at radius 1 is 1.40 bits per heavy atom. The van der Waals surface area contributed by atoms with Crippen LogP contribution in [0.2, 0.25) is 0 Å². The number of ether oxygens (including phenoxy) is 1. The molecule has 2 atom stereocenters. The lowest BCUT2D eigenvalue weighted by Crippen LogP contribution is -2.46. The average Bonchev–Trinajstić information content (AvgIpc) is 3.04. The minimum Gasteiger partial charge on any atom is -0.481 e. The largest absolute Gasteiger partial charge is 0.481 e. The van der Waals surface area contributed by atoms with Crippen molar-refractivity contribution in [3.8, 4) is 0 Å². The molecule has 0 spiro atoms. The summed E-state index contributed by atoms with van der Waals surface area (Å²) in [5.41, 5.74) is 0. The Balaban J connectivity index is 1.79. The summed E-state index contributed by atoms with van der Waals surface area (Å²) in [4.78, 5) is 25.1. The van der Waals surface area contributed by atoms with Crippen LogP contribution in [0.5, 0.6) is 0 Å². The summed E-state index contributed by atoms with van der Waals surface area (Å²) >= 11 is 1.66. The second-order valence-electron chi connectivity index (χ2n) is 4.64. The van der Waals surface area contributed by atoms with Crippen molar-refractivity contribution in [2.45, 2.75) is 25.9 Å². The molecule has 0 bridgehead atoms. The van der Waals surface area contributed by atoms with Gasteiger partial charge < -0.3 is 20.5 Å². The Labute approximate surface area is 121 Å². The molecule has 2 amide bonds. The van der Waals surface area contributed by atoms with E-state index in [-0.39, 0.29) is 19.2 Å². The Morgan fingerprint density at radius 3 is 2.80 bits per heavy atom. The standard InChI is InChI=1S/C13H18N2O4S/c1-2-8-3-4-9(20-8)5-14-13(18)15-11-7-19-6-10(11)12(16)17/h3-4,10-11H,2,5-7H2,1H3,(H,16,17)(H2,14,15,18). The molecule has 20 heavy (non-hydrogen) atoms. The lowest BCUT2D eigenvalue weighted by atomic mass is 10.0. The van der Waals surface area contributed by atoms with E-state index in [0.29, 0.717) is 6.54 Å². The van der Waals surface area contributed by atoms with E-state index in [4.69, 9.17) is 9.84 Å². The predicted octanol–water partition coefficient (Wildman–Crippen LogP) is 1.21. The van der Waals surface area contributed by atoms with Gasteiger partial charge in [-0.2, -0.15) is 0 Å². The summed E-state index contributed by atoms with van der Waals surface area (Å²) in [6.45, 7) is 2.91. The quantitative estimate of drug-likeness (QED) is 0.762. The highest BCUT2D eigenvalue weighted by atomic mass is 32.1. The molecule has 2 heterocycles. The fourth-order valence-corrected chi connectivity index (χ4v) is 2.93. The maximum Gasteiger partial charge on any atom is 0.315 e. The Bertz CT molecular complexity index is 488. The molecular formula is C13H18N2O4S. The van der Waals surface area contributed by atoms with Crippen LogP contribution in [-0.2, 0) is 22.5 Å². The van der Waals surface area contributed by atoms with E-state index in [1.807, 2.05) is 12.1 Å². The molecule has 1 aromatic rings. The number of thiophene rings is 1. The third-order valence-electron chi connectivity index (χ3n) is 3.20. The van der Waals surface area contributed by atoms with Crippen molar-refractivity contribution in [3.63, 3.8) is 0 Å². The number of hydrogen-bond acceptors (Lipinski definition) is 4. The molecule has 1 saturated heterocycles. The minimum atomic E-state index is -0.946. The zero-order chi connectivity index (χ0) is 14.5. The molecule has 1 aromatic heterocycles. The SMILES string of the molecule is CCc1ccc(CNC(=O)NC2COCC2C(=O)O)s1. The smallest absolute Gasteiger partial charge is 0.315 e. The van der Waals surface area contributed by atoms with Gasteiger partial charge in [0.15, 0.2) is 0 Å². The van der Waals surface area contributed by atoms with E-state index in [1.54, 1.807) is 11.3 Å². The number of aryl methyl sites for hydroxylation is 1. The second kappa shape index (κ2) is 6.71. The fraction of sp³-hybridized carbons (Fsp3) is 0.538. The molecule has 0 saturated carbocycles. The Kier molecular flexibility index (Phi) is 4.97. The van der Waals surface area contributed by atoms with Crippen molar-refractivity contribution in [1.29, 1.82) is 0 Å². The van der Waals surface area contributed by atoms with Crippen molar-refractivity contribution in [2.24, 2.45) is 5.92 Å². The topological polar surface area (TPSA) is 87.7 Å². The summed E-state index contributed by atoms with van der Waals surface area (Å²) in [7, 11) is 0. The molecule has 1 aliphatic rings. The first kappa shape index (κ1) is 14.8. The number of nitrogens with one attached hydrogen (secondary N) is 2. The average molecular weight is 298 g/mol. The van der Waals surface area contributed by atoms with E-state index in [9.17, 15) is 9.59 Å². The summed E-state index contributed by atoms with van der Waals surface area (Å²) < 4.78 is 5.09. The van der Waals surface area contributed by atoms with Gasteiger partial charge in [-0.05, 0) is 18.6 Å². The van der Waals surface area contributed by atoms with E-state index >= 15 is 0 Å². The van der Waals surface area contributed by atoms with Crippen LogP contribution in [0.3, 0.4) is 0 Å². The maximum absolute atomic E-state index is 11.8. The third kappa shape index (κ3) is 3.71. The van der Waals surface area contributed by atoms with Gasteiger partial charge in [0.1, 0.15) is 5.92 Å². The molecule has 2 rings (SSSR count). The molecule has 1 fully saturated rings. The van der Waals surface area contributed by atoms with E-state index in [1.165, 1.54) is 4.88 Å². The van der Waals surface area contributed by atoms with E-state index < -0.39 is 17.9 Å². The van der Waals surface area contributed by atoms with Crippen LogP contribution in [0.1, 0.15) is 16.7 Å². The van der Waals surface area contributed by atoms with Gasteiger partial charge in [0, 0.05) is 9.75 Å². The summed E-state index contributed by atoms with van der Waals surface area (Å²) in [6, 6.07) is 3.20. The van der Waals surface area contributed by atoms with E-state index in [0.717, 1.165) is 11.3 Å². The molecule has 2 unspecified atom stereocenters. The first-order valence-electron chi connectivity index (χ1n) is 6.52. The molecule has 110 valence electrons. The number of carboxylic acids is 1. The van der Waals surface area contributed by atoms with Crippen molar-refractivity contribution < 1.29 is 19.4 Å². The minimum absolute atomic E-state index is 0.144. The summed E-state index contributed by atoms with van der Waals surface area (Å²) in [5.74, 6) is -1.62. The highest BCUT2D eigenvalue weighted by Crippen LogP contribution is 2.17. The fourth-order valence-electron chi connectivity index (χ4n) is 2.03. The van der Waals surface area contributed by atoms with Gasteiger partial charge in [-0.15, -0.1) is 11.3 Å². The maximum atomic E-state index is 11.8. The molecule has 7 heteroatoms. The first-order valence-corrected chi connectivity index (χ1v) is 7.34. The van der Waals surface area contributed by atoms with Crippen LogP contribution >= 0.6 is 11.3 Å². The molecule has 0 aromatic carbocycles. The highest BCUT2D eigenvalue weighted by molar-refractivity contribution is 7.11. The number of rotatable bonds is 5. The lowest BCUT2D eigenvalue weighted by Gasteiger charge is -2.15. The predicted molar refractivity (Wildman–Crippen MR) is 74.8 cm³/mol. The van der Waals surface area contributed by atoms with Crippen LogP contribution in [-0.4, -0.2) is 36.4 Å². The van der Waals surface area contributed by atoms with Crippen molar-refractivity contribution in [3.05, 3.63) is 21.9 Å². The molecule has 1 aliphatic heterocycles. The van der Waals surface area contributed by atoms with Crippen LogP contribution in [0.15, 0.2) is 12.1 Å². The third-order valence-corrected chi connectivity index (χ3v) is 4.43. The molecule has 6 nitrogen and oxygen atoms in total. The molecule has 0 radical (unpaired) electrons. The number of carboxylic acid groups (broad SMARTS) is 1. The Hall–Kier alpha value is -1.60. The summed E-state index contributed by atoms with van der Waals surface area (Å²) in [5, 5.41) is 14.4. The first-order chi connectivity index (χ1) is 9.60. The van der Waals surface area contributed by atoms with Gasteiger partial charge in [0.25, 0.3) is 0 Å². The lowest BCUT2D eigenvalue weighted by molar-refractivity contribution is -0.142. The number of carbonyl (C=O) groups is 2. The normalized spacial score (nSPS) is 21.6. The van der Waals surface area contributed by atoms with Gasteiger partial charge in [0.2, 0.25) is 0 Å². The monoisotopic (exact) mass is 298 g/mol. The van der Waals surface area contributed by atoms with Crippen molar-refractivity contribution >= 4 is 23.3 Å². The number of amides is 2. The van der Waals surface area contributed by atoms with Crippen molar-refractivity contribution in [1.82, 2.24) is 10.6 Å². The number of hydrogen-bond donors (Lipinski definition) is 3. The van der Waals surface area contributed by atoms with Gasteiger partial charge >= 0.3 is 12.0 Å². The van der Waals surface area contributed by atoms with Gasteiger partial charge in [-0.1, -0.05) is 6.92 Å². The van der Waals surface area contributed by atoms with Crippen LogP contribution < -0.4 is 10.6 Å². The van der Waals surface area contributed by atoms with Gasteiger partial charge in [-0.25, -0.2) is 4.79 Å². The number of carbonyl (C=O) groups excluding carboxylic acids is 1. The molecule has 0 aliphatic carbocycles. The highest BCUT2D eigenvalue weighted by Gasteiger charge is 2.34. The van der Waals surface area contributed by atoms with Gasteiger partial charge in [0.05, 0.1) is 25.8 Å². The number of urea groups is 1. The van der Waals surface area contributed by atoms with Crippen LogP contribution in [0.25, 0.3) is 0 Å². The van der Waals surface area contributed by atoms with E-state index in [2.05, 4.69) is 17.6 Å². The Morgan fingerprint density at radius 2 is 2.15 bits per heavy atom. The van der Waals surface area contributed by atoms with Crippen LogP contribution in [0, 0.1) is 5.92 Å². The van der Waals surface area contributed by atoms with Crippen molar-refractivity contribution in [2.75, 3.05) is 13.2 Å².